The number of carbonyl (C=O) groups excluding carboxylic acids is 1. The molecule has 0 spiro atoms. The zero-order valence-corrected chi connectivity index (χ0v) is 21.0. The average molecular weight is 597 g/mol. The summed E-state index contributed by atoms with van der Waals surface area (Å²) in [7, 11) is -1.27. The third-order valence-electron chi connectivity index (χ3n) is 4.34. The number of anilines is 1. The second-order valence-corrected chi connectivity index (χ2v) is 10.2. The van der Waals surface area contributed by atoms with Crippen molar-refractivity contribution in [1.82, 2.24) is 5.32 Å². The summed E-state index contributed by atoms with van der Waals surface area (Å²) < 4.78 is 52.9. The summed E-state index contributed by atoms with van der Waals surface area (Å²) >= 11 is 20.8. The maximum atomic E-state index is 13.8. The maximum Gasteiger partial charge on any atom is 0.423 e. The molecule has 5 nitrogen and oxygen atoms in total. The van der Waals surface area contributed by atoms with E-state index in [2.05, 4.69) is 26.6 Å². The van der Waals surface area contributed by atoms with Gasteiger partial charge >= 0.3 is 6.18 Å². The summed E-state index contributed by atoms with van der Waals surface area (Å²) in [6.45, 7) is -0.805. The van der Waals surface area contributed by atoms with Crippen LogP contribution in [0.5, 0.6) is 0 Å². The van der Waals surface area contributed by atoms with Crippen molar-refractivity contribution < 1.29 is 27.3 Å². The number of hydrogen-bond donors (Lipinski definition) is 3. The molecule has 0 unspecified atom stereocenters. The van der Waals surface area contributed by atoms with Gasteiger partial charge in [-0.15, -0.1) is 0 Å². The number of alkyl halides is 3. The lowest BCUT2D eigenvalue weighted by molar-refractivity contribution is -0.260. The lowest BCUT2D eigenvalue weighted by Gasteiger charge is -2.32. The van der Waals surface area contributed by atoms with Crippen LogP contribution in [0.2, 0.25) is 15.1 Å². The monoisotopic (exact) mass is 594 g/mol. The third kappa shape index (κ3) is 6.74. The highest BCUT2D eigenvalue weighted by molar-refractivity contribution is 9.10. The molecule has 0 radical (unpaired) electrons. The minimum atomic E-state index is -5.05. The summed E-state index contributed by atoms with van der Waals surface area (Å²) in [5.41, 5.74) is -2.95. The molecule has 0 aromatic heterocycles. The highest BCUT2D eigenvalue weighted by Gasteiger charge is 2.55. The number of nitrogens with one attached hydrogen (secondary N) is 2. The van der Waals surface area contributed by atoms with Gasteiger partial charge < -0.3 is 15.7 Å². The molecule has 0 aliphatic rings. The number of amides is 1. The van der Waals surface area contributed by atoms with Crippen molar-refractivity contribution in [1.29, 1.82) is 0 Å². The minimum absolute atomic E-state index is 0.119. The molecule has 2 aromatic rings. The highest BCUT2D eigenvalue weighted by Crippen LogP contribution is 2.43. The van der Waals surface area contributed by atoms with Gasteiger partial charge in [0.25, 0.3) is 0 Å². The molecule has 2 aromatic carbocycles. The molecular formula is C19H17BrCl3F3N2O3S. The molecule has 0 saturated carbocycles. The molecule has 0 aliphatic heterocycles. The molecule has 176 valence electrons. The second kappa shape index (κ2) is 10.9. The fourth-order valence-electron chi connectivity index (χ4n) is 2.62. The van der Waals surface area contributed by atoms with Crippen LogP contribution in [0.25, 0.3) is 0 Å². The Morgan fingerprint density at radius 3 is 2.25 bits per heavy atom. The molecule has 2 atom stereocenters. The van der Waals surface area contributed by atoms with Crippen molar-refractivity contribution in [3.05, 3.63) is 61.0 Å². The van der Waals surface area contributed by atoms with E-state index in [1.54, 1.807) is 6.07 Å². The topological polar surface area (TPSA) is 78.4 Å². The molecule has 3 N–H and O–H groups in total. The largest absolute Gasteiger partial charge is 0.423 e. The first-order chi connectivity index (χ1) is 14.7. The second-order valence-electron chi connectivity index (χ2n) is 6.77. The molecule has 2 rings (SSSR count). The van der Waals surface area contributed by atoms with Gasteiger partial charge in [-0.25, -0.2) is 0 Å². The number of aliphatic hydroxyl groups is 1. The molecule has 0 bridgehead atoms. The SMILES string of the molecule is C[S@@](=O)CC(=O)NCc1ccc(NC[C@](O)(c2cc(Cl)c(Cl)c(Cl)c2)C(F)(F)F)cc1Br. The standard InChI is InChI=1S/C19H17BrCl3F3N2O3S/c1-32(31)8-16(29)27-7-10-2-3-12(6-13(10)20)28-9-18(30,19(24,25)26)11-4-14(21)17(23)15(22)5-11/h2-6,28,30H,7-9H2,1H3,(H,27,29)/t18-,32+/m0/s1. The predicted molar refractivity (Wildman–Crippen MR) is 125 cm³/mol. The average Bonchev–Trinajstić information content (AvgIpc) is 2.67. The van der Waals surface area contributed by atoms with Gasteiger partial charge in [-0.1, -0.05) is 56.8 Å². The Kier molecular flexibility index (Phi) is 9.29. The quantitative estimate of drug-likeness (QED) is 0.363. The summed E-state index contributed by atoms with van der Waals surface area (Å²) in [5, 5.41) is 15.1. The van der Waals surface area contributed by atoms with Crippen LogP contribution in [0, 0.1) is 0 Å². The van der Waals surface area contributed by atoms with E-state index in [0.717, 1.165) is 12.1 Å². The van der Waals surface area contributed by atoms with E-state index in [1.807, 2.05) is 0 Å². The number of carbonyl (C=O) groups is 1. The van der Waals surface area contributed by atoms with Crippen LogP contribution < -0.4 is 10.6 Å². The summed E-state index contributed by atoms with van der Waals surface area (Å²) in [6, 6.07) is 6.39. The van der Waals surface area contributed by atoms with Gasteiger partial charge in [0, 0.05) is 33.8 Å². The summed E-state index contributed by atoms with van der Waals surface area (Å²) in [4.78, 5) is 11.6. The molecule has 0 saturated heterocycles. The lowest BCUT2D eigenvalue weighted by atomic mass is 9.92. The Morgan fingerprint density at radius 2 is 1.75 bits per heavy atom. The number of rotatable bonds is 8. The van der Waals surface area contributed by atoms with Gasteiger partial charge in [0.05, 0.1) is 21.6 Å². The van der Waals surface area contributed by atoms with E-state index in [0.29, 0.717) is 10.0 Å². The summed E-state index contributed by atoms with van der Waals surface area (Å²) in [5.74, 6) is -0.526. The molecule has 0 fully saturated rings. The van der Waals surface area contributed by atoms with Crippen LogP contribution in [-0.4, -0.2) is 40.0 Å². The van der Waals surface area contributed by atoms with Crippen LogP contribution >= 0.6 is 50.7 Å². The zero-order valence-electron chi connectivity index (χ0n) is 16.3. The van der Waals surface area contributed by atoms with E-state index < -0.39 is 40.6 Å². The van der Waals surface area contributed by atoms with Crippen LogP contribution in [-0.2, 0) is 27.7 Å². The van der Waals surface area contributed by atoms with E-state index in [4.69, 9.17) is 34.8 Å². The van der Waals surface area contributed by atoms with Gasteiger partial charge in [0.2, 0.25) is 11.5 Å². The van der Waals surface area contributed by atoms with E-state index >= 15 is 0 Å². The van der Waals surface area contributed by atoms with Crippen molar-refractivity contribution >= 4 is 73.1 Å². The van der Waals surface area contributed by atoms with Crippen molar-refractivity contribution in [2.75, 3.05) is 23.9 Å². The first kappa shape index (κ1) is 27.2. The fraction of sp³-hybridized carbons (Fsp3) is 0.316. The van der Waals surface area contributed by atoms with Gasteiger partial charge in [-0.05, 0) is 35.4 Å². The zero-order chi connectivity index (χ0) is 24.3. The van der Waals surface area contributed by atoms with Gasteiger partial charge in [-0.3, -0.25) is 9.00 Å². The highest BCUT2D eigenvalue weighted by atomic mass is 79.9. The van der Waals surface area contributed by atoms with E-state index in [1.165, 1.54) is 18.4 Å². The fourth-order valence-corrected chi connectivity index (χ4v) is 4.21. The van der Waals surface area contributed by atoms with Gasteiger partial charge in [0.1, 0.15) is 5.75 Å². The normalized spacial score (nSPS) is 14.5. The Bertz CT molecular complexity index is 1020. The molecule has 32 heavy (non-hydrogen) atoms. The van der Waals surface area contributed by atoms with Gasteiger partial charge in [0.15, 0.2) is 0 Å². The Hall–Kier alpha value is -1.04. The maximum absolute atomic E-state index is 13.8. The van der Waals surface area contributed by atoms with E-state index in [9.17, 15) is 27.3 Å². The molecule has 13 heteroatoms. The number of hydrogen-bond acceptors (Lipinski definition) is 4. The smallest absolute Gasteiger partial charge is 0.381 e. The molecule has 0 aliphatic carbocycles. The Balaban J connectivity index is 2.19. The third-order valence-corrected chi connectivity index (χ3v) is 6.95. The van der Waals surface area contributed by atoms with Crippen molar-refractivity contribution in [2.45, 2.75) is 18.3 Å². The number of halogens is 7. The molecule has 0 heterocycles. The van der Waals surface area contributed by atoms with Crippen LogP contribution in [0.4, 0.5) is 18.9 Å². The van der Waals surface area contributed by atoms with Crippen LogP contribution in [0.15, 0.2) is 34.8 Å². The van der Waals surface area contributed by atoms with Crippen molar-refractivity contribution in [2.24, 2.45) is 0 Å². The lowest BCUT2D eigenvalue weighted by Crippen LogP contribution is -2.47. The van der Waals surface area contributed by atoms with Gasteiger partial charge in [-0.2, -0.15) is 13.2 Å². The molecular weight excluding hydrogens is 580 g/mol. The van der Waals surface area contributed by atoms with Crippen molar-refractivity contribution in [3.8, 4) is 0 Å². The predicted octanol–water partition coefficient (Wildman–Crippen LogP) is 5.27. The van der Waals surface area contributed by atoms with Crippen LogP contribution in [0.1, 0.15) is 11.1 Å². The van der Waals surface area contributed by atoms with E-state index in [-0.39, 0.29) is 33.1 Å². The van der Waals surface area contributed by atoms with Crippen LogP contribution in [0.3, 0.4) is 0 Å². The van der Waals surface area contributed by atoms with Crippen molar-refractivity contribution in [3.63, 3.8) is 0 Å². The number of benzene rings is 2. The minimum Gasteiger partial charge on any atom is -0.381 e. The molecule has 1 amide bonds. The first-order valence-electron chi connectivity index (χ1n) is 8.77. The summed E-state index contributed by atoms with van der Waals surface area (Å²) in [6.07, 6.45) is -3.65. The Labute approximate surface area is 208 Å². The first-order valence-corrected chi connectivity index (χ1v) is 12.4. The Morgan fingerprint density at radius 1 is 1.16 bits per heavy atom.